The maximum absolute atomic E-state index is 5.88. The number of nitrogens with two attached hydrogens (primary N) is 1. The smallest absolute Gasteiger partial charge is 0.188 e. The summed E-state index contributed by atoms with van der Waals surface area (Å²) >= 11 is 0. The molecule has 0 amide bonds. The van der Waals surface area contributed by atoms with Crippen LogP contribution >= 0.6 is 24.0 Å². The number of benzene rings is 1. The molecular formula is C16H28IN3O3. The first-order valence-electron chi connectivity index (χ1n) is 7.34. The molecule has 1 aromatic carbocycles. The molecule has 3 N–H and O–H groups in total. The minimum atomic E-state index is 0. The van der Waals surface area contributed by atoms with Gasteiger partial charge < -0.3 is 25.3 Å². The molecule has 0 spiro atoms. The SMILES string of the molecule is COc1cc(OC)c(CN=C(N)NCCC(C)C)c(OC)c1.I. The average Bonchev–Trinajstić information content (AvgIpc) is 2.51. The Kier molecular flexibility index (Phi) is 10.5. The molecule has 0 saturated carbocycles. The summed E-state index contributed by atoms with van der Waals surface area (Å²) in [6.45, 7) is 5.52. The second kappa shape index (κ2) is 11.2. The fourth-order valence-corrected chi connectivity index (χ4v) is 1.94. The molecule has 0 radical (unpaired) electrons. The summed E-state index contributed by atoms with van der Waals surface area (Å²) < 4.78 is 16.0. The number of guanidine groups is 1. The lowest BCUT2D eigenvalue weighted by atomic mass is 10.1. The second-order valence-electron chi connectivity index (χ2n) is 5.32. The van der Waals surface area contributed by atoms with Gasteiger partial charge in [-0.25, -0.2) is 4.99 Å². The monoisotopic (exact) mass is 437 g/mol. The van der Waals surface area contributed by atoms with Crippen molar-refractivity contribution < 1.29 is 14.2 Å². The summed E-state index contributed by atoms with van der Waals surface area (Å²) in [7, 11) is 4.81. The quantitative estimate of drug-likeness (QED) is 0.372. The Hall–Kier alpha value is -1.38. The van der Waals surface area contributed by atoms with Crippen LogP contribution in [0.2, 0.25) is 0 Å². The van der Waals surface area contributed by atoms with Crippen molar-refractivity contribution in [2.75, 3.05) is 27.9 Å². The van der Waals surface area contributed by atoms with Gasteiger partial charge in [0, 0.05) is 18.7 Å². The van der Waals surface area contributed by atoms with Crippen LogP contribution in [0.25, 0.3) is 0 Å². The number of hydrogen-bond donors (Lipinski definition) is 2. The summed E-state index contributed by atoms with van der Waals surface area (Å²) in [6.07, 6.45) is 1.05. The zero-order valence-corrected chi connectivity index (χ0v) is 16.8. The molecule has 1 rings (SSSR count). The van der Waals surface area contributed by atoms with Gasteiger partial charge in [0.25, 0.3) is 0 Å². The fraction of sp³-hybridized carbons (Fsp3) is 0.562. The van der Waals surface area contributed by atoms with Gasteiger partial charge in [0.2, 0.25) is 0 Å². The largest absolute Gasteiger partial charge is 0.496 e. The number of hydrogen-bond acceptors (Lipinski definition) is 4. The Labute approximate surface area is 155 Å². The van der Waals surface area contributed by atoms with Crippen molar-refractivity contribution in [3.8, 4) is 17.2 Å². The van der Waals surface area contributed by atoms with E-state index < -0.39 is 0 Å². The fourth-order valence-electron chi connectivity index (χ4n) is 1.94. The summed E-state index contributed by atoms with van der Waals surface area (Å²) in [5.41, 5.74) is 6.71. The minimum absolute atomic E-state index is 0. The third-order valence-corrected chi connectivity index (χ3v) is 3.25. The van der Waals surface area contributed by atoms with Gasteiger partial charge >= 0.3 is 0 Å². The topological polar surface area (TPSA) is 78.1 Å². The molecule has 0 unspecified atom stereocenters. The van der Waals surface area contributed by atoms with E-state index in [4.69, 9.17) is 19.9 Å². The number of methoxy groups -OCH3 is 3. The lowest BCUT2D eigenvalue weighted by molar-refractivity contribution is 0.369. The van der Waals surface area contributed by atoms with Crippen LogP contribution in [0.1, 0.15) is 25.8 Å². The third kappa shape index (κ3) is 7.15. The summed E-state index contributed by atoms with van der Waals surface area (Å²) in [5.74, 6) is 3.04. The number of nitrogens with one attached hydrogen (secondary N) is 1. The standard InChI is InChI=1S/C16H27N3O3.HI/c1-11(2)6-7-18-16(17)19-10-13-14(21-4)8-12(20-3)9-15(13)22-5;/h8-9,11H,6-7,10H2,1-5H3,(H3,17,18,19);1H. The summed E-state index contributed by atoms with van der Waals surface area (Å²) in [5, 5.41) is 3.10. The first kappa shape index (κ1) is 21.6. The number of rotatable bonds is 8. The molecule has 7 heteroatoms. The first-order chi connectivity index (χ1) is 10.5. The first-order valence-corrected chi connectivity index (χ1v) is 7.34. The molecule has 0 aliphatic heterocycles. The summed E-state index contributed by atoms with van der Waals surface area (Å²) in [6, 6.07) is 3.60. The molecule has 6 nitrogen and oxygen atoms in total. The van der Waals surface area contributed by atoms with Crippen LogP contribution in [0.4, 0.5) is 0 Å². The van der Waals surface area contributed by atoms with Crippen LogP contribution in [0, 0.1) is 5.92 Å². The molecule has 23 heavy (non-hydrogen) atoms. The van der Waals surface area contributed by atoms with Gasteiger partial charge in [0.05, 0.1) is 33.4 Å². The number of nitrogens with zero attached hydrogens (tertiary/aromatic N) is 1. The highest BCUT2D eigenvalue weighted by Gasteiger charge is 2.12. The molecule has 0 aliphatic carbocycles. The normalized spacial score (nSPS) is 11.0. The Bertz CT molecular complexity index is 482. The molecule has 0 saturated heterocycles. The van der Waals surface area contributed by atoms with Gasteiger partial charge in [0.15, 0.2) is 5.96 Å². The molecular weight excluding hydrogens is 409 g/mol. The highest BCUT2D eigenvalue weighted by Crippen LogP contribution is 2.34. The predicted octanol–water partition coefficient (Wildman–Crippen LogP) is 2.78. The van der Waals surface area contributed by atoms with Crippen molar-refractivity contribution in [1.29, 1.82) is 0 Å². The molecule has 132 valence electrons. The van der Waals surface area contributed by atoms with E-state index in [1.165, 1.54) is 0 Å². The minimum Gasteiger partial charge on any atom is -0.496 e. The van der Waals surface area contributed by atoms with Crippen molar-refractivity contribution in [3.63, 3.8) is 0 Å². The van der Waals surface area contributed by atoms with E-state index in [-0.39, 0.29) is 24.0 Å². The Balaban J connectivity index is 0.00000484. The second-order valence-corrected chi connectivity index (χ2v) is 5.32. The Morgan fingerprint density at radius 2 is 1.70 bits per heavy atom. The van der Waals surface area contributed by atoms with Gasteiger partial charge in [-0.1, -0.05) is 13.8 Å². The third-order valence-electron chi connectivity index (χ3n) is 3.25. The molecule has 0 fully saturated rings. The zero-order valence-electron chi connectivity index (χ0n) is 14.5. The van der Waals surface area contributed by atoms with Gasteiger partial charge in [-0.3, -0.25) is 0 Å². The Morgan fingerprint density at radius 1 is 1.13 bits per heavy atom. The molecule has 0 bridgehead atoms. The highest BCUT2D eigenvalue weighted by molar-refractivity contribution is 14.0. The van der Waals surface area contributed by atoms with Crippen LogP contribution in [0.5, 0.6) is 17.2 Å². The van der Waals surface area contributed by atoms with Crippen molar-refractivity contribution >= 4 is 29.9 Å². The molecule has 1 aromatic rings. The van der Waals surface area contributed by atoms with E-state index in [1.807, 2.05) is 0 Å². The molecule has 0 heterocycles. The maximum Gasteiger partial charge on any atom is 0.188 e. The van der Waals surface area contributed by atoms with Crippen molar-refractivity contribution in [3.05, 3.63) is 17.7 Å². The van der Waals surface area contributed by atoms with Crippen molar-refractivity contribution in [1.82, 2.24) is 5.32 Å². The average molecular weight is 437 g/mol. The number of ether oxygens (including phenoxy) is 3. The van der Waals surface area contributed by atoms with Crippen molar-refractivity contribution in [2.24, 2.45) is 16.6 Å². The zero-order chi connectivity index (χ0) is 16.5. The van der Waals surface area contributed by atoms with Crippen LogP contribution < -0.4 is 25.3 Å². The van der Waals surface area contributed by atoms with Gasteiger partial charge in [0.1, 0.15) is 17.2 Å². The van der Waals surface area contributed by atoms with Gasteiger partial charge in [-0.2, -0.15) is 0 Å². The Morgan fingerprint density at radius 3 is 2.13 bits per heavy atom. The van der Waals surface area contributed by atoms with Gasteiger partial charge in [-0.15, -0.1) is 24.0 Å². The molecule has 0 aromatic heterocycles. The highest BCUT2D eigenvalue weighted by atomic mass is 127. The lowest BCUT2D eigenvalue weighted by Gasteiger charge is -2.14. The van der Waals surface area contributed by atoms with E-state index in [2.05, 4.69) is 24.2 Å². The number of halogens is 1. The summed E-state index contributed by atoms with van der Waals surface area (Å²) in [4.78, 5) is 4.35. The van der Waals surface area contributed by atoms with E-state index in [0.717, 1.165) is 18.5 Å². The van der Waals surface area contributed by atoms with Crippen LogP contribution in [0.3, 0.4) is 0 Å². The molecule has 0 atom stereocenters. The van der Waals surface area contributed by atoms with Gasteiger partial charge in [-0.05, 0) is 12.3 Å². The van der Waals surface area contributed by atoms with E-state index in [0.29, 0.717) is 35.7 Å². The predicted molar refractivity (Wildman–Crippen MR) is 104 cm³/mol. The van der Waals surface area contributed by atoms with Crippen LogP contribution in [-0.4, -0.2) is 33.8 Å². The number of aliphatic imine (C=N–C) groups is 1. The maximum atomic E-state index is 5.88. The lowest BCUT2D eigenvalue weighted by Crippen LogP contribution is -2.32. The van der Waals surface area contributed by atoms with Crippen molar-refractivity contribution in [2.45, 2.75) is 26.8 Å². The van der Waals surface area contributed by atoms with E-state index in [9.17, 15) is 0 Å². The molecule has 0 aliphatic rings. The van der Waals surface area contributed by atoms with Crippen LogP contribution in [-0.2, 0) is 6.54 Å². The van der Waals surface area contributed by atoms with E-state index >= 15 is 0 Å². The van der Waals surface area contributed by atoms with E-state index in [1.54, 1.807) is 33.5 Å². The van der Waals surface area contributed by atoms with Crippen LogP contribution in [0.15, 0.2) is 17.1 Å².